The van der Waals surface area contributed by atoms with E-state index in [-0.39, 0.29) is 25.7 Å². The molecular formula is C83H162O17P2. The van der Waals surface area contributed by atoms with Crippen molar-refractivity contribution in [3.8, 4) is 0 Å². The lowest BCUT2D eigenvalue weighted by Crippen LogP contribution is -2.30. The number of unbranched alkanes of at least 4 members (excludes halogenated alkanes) is 43. The minimum atomic E-state index is -4.96. The molecule has 8 atom stereocenters. The number of ether oxygens (including phenoxy) is 4. The first-order chi connectivity index (χ1) is 49.2. The van der Waals surface area contributed by atoms with Crippen LogP contribution in [0, 0.1) is 23.7 Å². The minimum absolute atomic E-state index is 0.107. The van der Waals surface area contributed by atoms with E-state index in [1.807, 2.05) is 0 Å². The van der Waals surface area contributed by atoms with Crippen molar-refractivity contribution in [1.82, 2.24) is 0 Å². The molecule has 3 N–H and O–H groups in total. The van der Waals surface area contributed by atoms with Gasteiger partial charge in [0.25, 0.3) is 0 Å². The van der Waals surface area contributed by atoms with Gasteiger partial charge in [-0.1, -0.05) is 376 Å². The summed E-state index contributed by atoms with van der Waals surface area (Å²) in [7, 11) is -9.92. The third-order valence-electron chi connectivity index (χ3n) is 20.4. The number of hydrogen-bond acceptors (Lipinski definition) is 15. The summed E-state index contributed by atoms with van der Waals surface area (Å²) in [6, 6.07) is 0. The predicted molar refractivity (Wildman–Crippen MR) is 418 cm³/mol. The zero-order chi connectivity index (χ0) is 75.3. The molecule has 17 nitrogen and oxygen atoms in total. The summed E-state index contributed by atoms with van der Waals surface area (Å²) < 4.78 is 68.7. The maximum absolute atomic E-state index is 13.1. The number of aliphatic hydroxyl groups excluding tert-OH is 1. The van der Waals surface area contributed by atoms with Gasteiger partial charge in [-0.2, -0.15) is 0 Å². The van der Waals surface area contributed by atoms with Crippen LogP contribution in [0.15, 0.2) is 0 Å². The fourth-order valence-electron chi connectivity index (χ4n) is 12.7. The monoisotopic (exact) mass is 1490 g/mol. The van der Waals surface area contributed by atoms with Crippen LogP contribution in [0.25, 0.3) is 0 Å². The van der Waals surface area contributed by atoms with Crippen LogP contribution in [0.4, 0.5) is 0 Å². The third-order valence-corrected chi connectivity index (χ3v) is 22.3. The molecule has 0 aromatic rings. The summed E-state index contributed by atoms with van der Waals surface area (Å²) in [4.78, 5) is 73.1. The predicted octanol–water partition coefficient (Wildman–Crippen LogP) is 24.8. The molecule has 102 heavy (non-hydrogen) atoms. The van der Waals surface area contributed by atoms with Gasteiger partial charge < -0.3 is 33.8 Å². The van der Waals surface area contributed by atoms with Crippen LogP contribution in [0.1, 0.15) is 428 Å². The number of esters is 4. The third kappa shape index (κ3) is 72.3. The van der Waals surface area contributed by atoms with Gasteiger partial charge in [-0.3, -0.25) is 37.3 Å². The van der Waals surface area contributed by atoms with Gasteiger partial charge >= 0.3 is 39.5 Å². The Balaban J connectivity index is 5.19. The molecule has 0 aliphatic rings. The highest BCUT2D eigenvalue weighted by molar-refractivity contribution is 7.47. The first-order valence-corrected chi connectivity index (χ1v) is 45.8. The quantitative estimate of drug-likeness (QED) is 0.0222. The highest BCUT2D eigenvalue weighted by Crippen LogP contribution is 2.45. The van der Waals surface area contributed by atoms with Gasteiger partial charge in [0.2, 0.25) is 0 Å². The molecule has 0 saturated heterocycles. The molecule has 0 bridgehead atoms. The van der Waals surface area contributed by atoms with Gasteiger partial charge in [0.15, 0.2) is 12.2 Å². The largest absolute Gasteiger partial charge is 0.472 e. The molecule has 606 valence electrons. The Morgan fingerprint density at radius 1 is 0.275 bits per heavy atom. The number of hydrogen-bond donors (Lipinski definition) is 3. The molecule has 6 unspecified atom stereocenters. The summed E-state index contributed by atoms with van der Waals surface area (Å²) in [6.45, 7) is 14.3. The van der Waals surface area contributed by atoms with Crippen LogP contribution in [-0.4, -0.2) is 96.7 Å². The molecule has 0 saturated carbocycles. The molecule has 0 heterocycles. The molecule has 0 spiro atoms. The molecule has 0 aromatic heterocycles. The average molecular weight is 1490 g/mol. The van der Waals surface area contributed by atoms with Gasteiger partial charge in [0.1, 0.15) is 19.3 Å². The first kappa shape index (κ1) is 100. The Morgan fingerprint density at radius 2 is 0.471 bits per heavy atom. The number of carbonyl (C=O) groups is 4. The van der Waals surface area contributed by atoms with E-state index in [0.29, 0.717) is 31.6 Å². The smallest absolute Gasteiger partial charge is 0.462 e. The summed E-state index contributed by atoms with van der Waals surface area (Å²) in [5, 5.41) is 10.6. The molecule has 0 amide bonds. The number of phosphoric ester groups is 2. The Bertz CT molecular complexity index is 1990. The lowest BCUT2D eigenvalue weighted by atomic mass is 9.99. The van der Waals surface area contributed by atoms with Crippen molar-refractivity contribution in [3.63, 3.8) is 0 Å². The number of aliphatic hydroxyl groups is 1. The van der Waals surface area contributed by atoms with Crippen LogP contribution >= 0.6 is 15.6 Å². The van der Waals surface area contributed by atoms with Crippen molar-refractivity contribution in [2.45, 2.75) is 446 Å². The maximum Gasteiger partial charge on any atom is 0.472 e. The zero-order valence-electron chi connectivity index (χ0n) is 67.2. The van der Waals surface area contributed by atoms with Crippen LogP contribution < -0.4 is 0 Å². The standard InChI is InChI=1S/C83H162O17P2/c1-9-74(6)60-52-44-36-28-24-20-16-14-12-13-15-17-22-26-30-40-49-57-65-83(88)100-79(70-94-81(86)64-56-48-42-34-35-43-51-59-73(4)5)72-98-102(91,92)96-68-77(84)67-95-101(89,90)97-71-78(69-93-80(85)63-55-47-39-33-32-38-46-54-62-76(8)11-3)99-82(87)66-58-50-41-31-27-23-19-18-21-25-29-37-45-53-61-75(7)10-2/h73-79,84H,9-72H2,1-8H3,(H,89,90)(H,91,92)/t74?,75?,76?,77?,78-,79-/m1/s1. The van der Waals surface area contributed by atoms with Crippen LogP contribution in [0.2, 0.25) is 0 Å². The maximum atomic E-state index is 13.1. The fourth-order valence-corrected chi connectivity index (χ4v) is 14.3. The number of rotatable bonds is 80. The molecule has 0 fully saturated rings. The van der Waals surface area contributed by atoms with E-state index in [0.717, 1.165) is 114 Å². The molecule has 19 heteroatoms. The molecular weight excluding hydrogens is 1330 g/mol. The first-order valence-electron chi connectivity index (χ1n) is 42.8. The van der Waals surface area contributed by atoms with E-state index in [2.05, 4.69) is 55.4 Å². The second-order valence-corrected chi connectivity index (χ2v) is 34.0. The Labute approximate surface area is 626 Å². The van der Waals surface area contributed by atoms with Gasteiger partial charge in [0.05, 0.1) is 26.4 Å². The van der Waals surface area contributed by atoms with E-state index in [1.54, 1.807) is 0 Å². The van der Waals surface area contributed by atoms with Crippen molar-refractivity contribution in [1.29, 1.82) is 0 Å². The van der Waals surface area contributed by atoms with Gasteiger partial charge in [-0.25, -0.2) is 9.13 Å². The normalized spacial score (nSPS) is 14.8. The van der Waals surface area contributed by atoms with Crippen molar-refractivity contribution < 1.29 is 80.2 Å². The van der Waals surface area contributed by atoms with Crippen molar-refractivity contribution in [3.05, 3.63) is 0 Å². The summed E-state index contributed by atoms with van der Waals surface area (Å²) in [5.41, 5.74) is 0. The SMILES string of the molecule is CCC(C)CCCCCCCCCCCCCCCCCCCCC(=O)O[C@H](COC(=O)CCCCCCCCCC(C)C)COP(=O)(O)OCC(O)COP(=O)(O)OC[C@@H](COC(=O)CCCCCCCCCCC(C)CC)OC(=O)CCCCCCCCCCCCCCCCC(C)CC. The van der Waals surface area contributed by atoms with E-state index in [9.17, 15) is 43.2 Å². The van der Waals surface area contributed by atoms with E-state index in [1.165, 1.54) is 225 Å². The summed E-state index contributed by atoms with van der Waals surface area (Å²) >= 11 is 0. The fraction of sp³-hybridized carbons (Fsp3) is 0.952. The molecule has 0 aliphatic heterocycles. The summed E-state index contributed by atoms with van der Waals surface area (Å²) in [5.74, 6) is 1.09. The second-order valence-electron chi connectivity index (χ2n) is 31.1. The van der Waals surface area contributed by atoms with Gasteiger partial charge in [0, 0.05) is 25.7 Å². The van der Waals surface area contributed by atoms with E-state index < -0.39 is 97.5 Å². The van der Waals surface area contributed by atoms with E-state index in [4.69, 9.17) is 37.0 Å². The zero-order valence-corrected chi connectivity index (χ0v) is 69.0. The Hall–Kier alpha value is -1.94. The molecule has 0 aliphatic carbocycles. The van der Waals surface area contributed by atoms with Crippen molar-refractivity contribution in [2.75, 3.05) is 39.6 Å². The summed E-state index contributed by atoms with van der Waals surface area (Å²) in [6.07, 6.45) is 59.7. The Morgan fingerprint density at radius 3 is 0.696 bits per heavy atom. The lowest BCUT2D eigenvalue weighted by molar-refractivity contribution is -0.161. The molecule has 0 aromatic carbocycles. The second kappa shape index (κ2) is 72.0. The van der Waals surface area contributed by atoms with Gasteiger partial charge in [-0.05, 0) is 49.4 Å². The molecule has 0 rings (SSSR count). The van der Waals surface area contributed by atoms with Crippen LogP contribution in [-0.2, 0) is 65.4 Å². The van der Waals surface area contributed by atoms with Crippen LogP contribution in [0.3, 0.4) is 0 Å². The Kier molecular flexibility index (Phi) is 70.6. The minimum Gasteiger partial charge on any atom is -0.462 e. The highest BCUT2D eigenvalue weighted by Gasteiger charge is 2.30. The van der Waals surface area contributed by atoms with Crippen molar-refractivity contribution >= 4 is 39.5 Å². The van der Waals surface area contributed by atoms with Crippen molar-refractivity contribution in [2.24, 2.45) is 23.7 Å². The lowest BCUT2D eigenvalue weighted by Gasteiger charge is -2.21. The highest BCUT2D eigenvalue weighted by atomic mass is 31.2. The number of carbonyl (C=O) groups excluding carboxylic acids is 4. The van der Waals surface area contributed by atoms with Crippen LogP contribution in [0.5, 0.6) is 0 Å². The average Bonchev–Trinajstić information content (AvgIpc) is 0.935. The van der Waals surface area contributed by atoms with Gasteiger partial charge in [-0.15, -0.1) is 0 Å². The number of phosphoric acid groups is 2. The van der Waals surface area contributed by atoms with E-state index >= 15 is 0 Å². The molecule has 0 radical (unpaired) electrons. The topological polar surface area (TPSA) is 237 Å².